The van der Waals surface area contributed by atoms with Crippen molar-refractivity contribution in [2.45, 2.75) is 16.7 Å². The predicted molar refractivity (Wildman–Crippen MR) is 108 cm³/mol. The van der Waals surface area contributed by atoms with Crippen LogP contribution in [-0.4, -0.2) is 32.6 Å². The molecule has 0 saturated carbocycles. The Labute approximate surface area is 167 Å². The molecule has 0 saturated heterocycles. The van der Waals surface area contributed by atoms with Crippen molar-refractivity contribution < 1.29 is 23.1 Å². The van der Waals surface area contributed by atoms with Crippen LogP contribution in [0, 0.1) is 0 Å². The zero-order valence-electron chi connectivity index (χ0n) is 15.0. The van der Waals surface area contributed by atoms with E-state index in [2.05, 4.69) is 4.72 Å². The third-order valence-electron chi connectivity index (χ3n) is 4.10. The highest BCUT2D eigenvalue weighted by molar-refractivity contribution is 7.91. The van der Waals surface area contributed by atoms with E-state index in [1.165, 1.54) is 6.07 Å². The van der Waals surface area contributed by atoms with Gasteiger partial charge in [0.15, 0.2) is 0 Å². The van der Waals surface area contributed by atoms with Crippen molar-refractivity contribution in [2.24, 2.45) is 0 Å². The Morgan fingerprint density at radius 2 is 1.75 bits per heavy atom. The summed E-state index contributed by atoms with van der Waals surface area (Å²) in [6.07, 6.45) is 0.0616. The molecule has 0 radical (unpaired) electrons. The van der Waals surface area contributed by atoms with E-state index < -0.39 is 22.0 Å². The summed E-state index contributed by atoms with van der Waals surface area (Å²) in [5.74, 6) is -0.514. The quantitative estimate of drug-likeness (QED) is 0.586. The van der Waals surface area contributed by atoms with Gasteiger partial charge in [-0.2, -0.15) is 4.72 Å². The molecule has 0 bridgehead atoms. The normalized spacial score (nSPS) is 12.5. The van der Waals surface area contributed by atoms with Gasteiger partial charge in [0.2, 0.25) is 0 Å². The maximum atomic E-state index is 12.7. The summed E-state index contributed by atoms with van der Waals surface area (Å²) >= 11 is 1.08. The van der Waals surface area contributed by atoms with Crippen LogP contribution in [-0.2, 0) is 21.2 Å². The number of nitrogens with one attached hydrogen (secondary N) is 1. The summed E-state index contributed by atoms with van der Waals surface area (Å²) in [4.78, 5) is 12.3. The molecule has 0 unspecified atom stereocenters. The first-order valence-corrected chi connectivity index (χ1v) is 10.7. The van der Waals surface area contributed by atoms with Crippen LogP contribution >= 0.6 is 11.3 Å². The fraction of sp³-hybridized carbons (Fsp3) is 0.150. The number of rotatable bonds is 8. The van der Waals surface area contributed by atoms with Crippen LogP contribution in [0.3, 0.4) is 0 Å². The van der Waals surface area contributed by atoms with Gasteiger partial charge in [0.25, 0.3) is 10.0 Å². The lowest BCUT2D eigenvalue weighted by Gasteiger charge is -2.14. The maximum absolute atomic E-state index is 12.7. The average molecular weight is 418 g/mol. The number of carboxylic acids is 1. The summed E-state index contributed by atoms with van der Waals surface area (Å²) in [6.45, 7) is 0. The number of carboxylic acid groups (broad SMARTS) is 1. The first kappa shape index (κ1) is 20.1. The monoisotopic (exact) mass is 417 g/mol. The fourth-order valence-electron chi connectivity index (χ4n) is 2.65. The van der Waals surface area contributed by atoms with Crippen molar-refractivity contribution >= 4 is 27.3 Å². The Morgan fingerprint density at radius 3 is 2.36 bits per heavy atom. The fourth-order valence-corrected chi connectivity index (χ4v) is 5.17. The van der Waals surface area contributed by atoms with Crippen molar-refractivity contribution in [3.05, 3.63) is 72.3 Å². The minimum atomic E-state index is -3.96. The molecule has 1 aromatic heterocycles. The topological polar surface area (TPSA) is 92.7 Å². The molecule has 6 nitrogen and oxygen atoms in total. The van der Waals surface area contributed by atoms with Gasteiger partial charge in [0.05, 0.1) is 7.11 Å². The van der Waals surface area contributed by atoms with Gasteiger partial charge in [-0.25, -0.2) is 8.42 Å². The van der Waals surface area contributed by atoms with Gasteiger partial charge in [0, 0.05) is 4.88 Å². The molecule has 146 valence electrons. The first-order chi connectivity index (χ1) is 13.4. The number of hydrogen-bond acceptors (Lipinski definition) is 5. The van der Waals surface area contributed by atoms with E-state index in [0.29, 0.717) is 5.75 Å². The summed E-state index contributed by atoms with van der Waals surface area (Å²) in [6, 6.07) is 18.1. The van der Waals surface area contributed by atoms with Gasteiger partial charge >= 0.3 is 5.97 Å². The van der Waals surface area contributed by atoms with E-state index >= 15 is 0 Å². The van der Waals surface area contributed by atoms with Crippen LogP contribution < -0.4 is 9.46 Å². The minimum absolute atomic E-state index is 0.0616. The Kier molecular flexibility index (Phi) is 6.13. The molecular weight excluding hydrogens is 398 g/mol. The van der Waals surface area contributed by atoms with E-state index in [-0.39, 0.29) is 10.6 Å². The standard InChI is InChI=1S/C20H19NO5S2/c1-26-16-9-7-15(8-10-16)18-11-12-19(27-18)28(24,25)21-17(20(22)23)13-14-5-3-2-4-6-14/h2-12,17,21H,13H2,1H3,(H,22,23)/t17-/m1/s1. The number of hydrogen-bond donors (Lipinski definition) is 2. The van der Waals surface area contributed by atoms with E-state index in [1.54, 1.807) is 49.6 Å². The molecule has 0 aliphatic rings. The van der Waals surface area contributed by atoms with Gasteiger partial charge < -0.3 is 9.84 Å². The molecule has 0 spiro atoms. The van der Waals surface area contributed by atoms with Gasteiger partial charge in [-0.15, -0.1) is 11.3 Å². The van der Waals surface area contributed by atoms with Crippen molar-refractivity contribution in [1.29, 1.82) is 0 Å². The van der Waals surface area contributed by atoms with Crippen LogP contribution in [0.4, 0.5) is 0 Å². The lowest BCUT2D eigenvalue weighted by atomic mass is 10.1. The number of carbonyl (C=O) groups is 1. The van der Waals surface area contributed by atoms with Crippen LogP contribution in [0.2, 0.25) is 0 Å². The smallest absolute Gasteiger partial charge is 0.322 e. The molecule has 1 atom stereocenters. The third-order valence-corrected chi connectivity index (χ3v) is 7.20. The first-order valence-electron chi connectivity index (χ1n) is 8.42. The number of benzene rings is 2. The highest BCUT2D eigenvalue weighted by Crippen LogP contribution is 2.31. The van der Waals surface area contributed by atoms with E-state index in [9.17, 15) is 18.3 Å². The maximum Gasteiger partial charge on any atom is 0.322 e. The zero-order valence-corrected chi connectivity index (χ0v) is 16.7. The molecule has 1 heterocycles. The molecule has 0 aliphatic heterocycles. The zero-order chi connectivity index (χ0) is 20.1. The number of sulfonamides is 1. The molecular formula is C20H19NO5S2. The molecule has 0 amide bonds. The molecule has 3 aromatic rings. The van der Waals surface area contributed by atoms with Gasteiger partial charge in [-0.1, -0.05) is 30.3 Å². The summed E-state index contributed by atoms with van der Waals surface area (Å²) in [7, 11) is -2.39. The van der Waals surface area contributed by atoms with Crippen molar-refractivity contribution in [3.63, 3.8) is 0 Å². The van der Waals surface area contributed by atoms with Crippen molar-refractivity contribution in [2.75, 3.05) is 7.11 Å². The number of thiophene rings is 1. The number of methoxy groups -OCH3 is 1. The lowest BCUT2D eigenvalue weighted by molar-refractivity contribution is -0.138. The number of ether oxygens (including phenoxy) is 1. The van der Waals surface area contributed by atoms with Crippen molar-refractivity contribution in [1.82, 2.24) is 4.72 Å². The van der Waals surface area contributed by atoms with E-state index in [4.69, 9.17) is 4.74 Å². The molecule has 0 aliphatic carbocycles. The molecule has 2 aromatic carbocycles. The van der Waals surface area contributed by atoms with Gasteiger partial charge in [0.1, 0.15) is 16.0 Å². The van der Waals surface area contributed by atoms with Crippen molar-refractivity contribution in [3.8, 4) is 16.2 Å². The molecule has 2 N–H and O–H groups in total. The lowest BCUT2D eigenvalue weighted by Crippen LogP contribution is -2.42. The minimum Gasteiger partial charge on any atom is -0.497 e. The Hall–Kier alpha value is -2.68. The largest absolute Gasteiger partial charge is 0.497 e. The highest BCUT2D eigenvalue weighted by Gasteiger charge is 2.27. The third kappa shape index (κ3) is 4.78. The second-order valence-corrected chi connectivity index (χ2v) is 9.07. The van der Waals surface area contributed by atoms with Crippen LogP contribution in [0.5, 0.6) is 5.75 Å². The SMILES string of the molecule is COc1ccc(-c2ccc(S(=O)(=O)N[C@H](Cc3ccccc3)C(=O)O)s2)cc1. The Bertz CT molecular complexity index is 1040. The van der Waals surface area contributed by atoms with Gasteiger partial charge in [-0.3, -0.25) is 4.79 Å². The van der Waals surface area contributed by atoms with Gasteiger partial charge in [-0.05, 0) is 53.9 Å². The molecule has 0 fully saturated rings. The van der Waals surface area contributed by atoms with Crippen LogP contribution in [0.25, 0.3) is 10.4 Å². The summed E-state index contributed by atoms with van der Waals surface area (Å²) in [5.41, 5.74) is 1.59. The molecule has 28 heavy (non-hydrogen) atoms. The molecule has 8 heteroatoms. The molecule has 3 rings (SSSR count). The van der Waals surface area contributed by atoms with E-state index in [1.807, 2.05) is 18.2 Å². The second-order valence-electron chi connectivity index (χ2n) is 6.05. The van der Waals surface area contributed by atoms with Crippen LogP contribution in [0.1, 0.15) is 5.56 Å². The average Bonchev–Trinajstić information content (AvgIpc) is 3.19. The Balaban J connectivity index is 1.79. The van der Waals surface area contributed by atoms with Crippen LogP contribution in [0.15, 0.2) is 70.9 Å². The van der Waals surface area contributed by atoms with E-state index in [0.717, 1.165) is 27.3 Å². The Morgan fingerprint density at radius 1 is 1.07 bits per heavy atom. The number of aliphatic carboxylic acids is 1. The predicted octanol–water partition coefficient (Wildman–Crippen LogP) is 3.40. The highest BCUT2D eigenvalue weighted by atomic mass is 32.2. The second kappa shape index (κ2) is 8.55. The summed E-state index contributed by atoms with van der Waals surface area (Å²) < 4.78 is 32.9. The summed E-state index contributed by atoms with van der Waals surface area (Å²) in [5, 5.41) is 9.44.